The van der Waals surface area contributed by atoms with E-state index in [0.29, 0.717) is 12.2 Å². The lowest BCUT2D eigenvalue weighted by atomic mass is 10.3. The number of hydrogen-bond acceptors (Lipinski definition) is 3. The standard InChI is InChI=1S/C11H17N3O2/c1-13(2)7-8-14(3)11(16)9-5-4-6-10(15)12-9/h4-6H,7-8H2,1-3H3,(H,12,15). The summed E-state index contributed by atoms with van der Waals surface area (Å²) in [5.41, 5.74) is 0.0700. The number of carbonyl (C=O) groups excluding carboxylic acids is 1. The minimum absolute atomic E-state index is 0.167. The number of amides is 1. The van der Waals surface area contributed by atoms with Gasteiger partial charge in [0, 0.05) is 26.2 Å². The molecule has 1 aromatic rings. The van der Waals surface area contributed by atoms with Crippen LogP contribution in [0.15, 0.2) is 23.0 Å². The van der Waals surface area contributed by atoms with Crippen molar-refractivity contribution in [2.75, 3.05) is 34.2 Å². The third kappa shape index (κ3) is 3.51. The summed E-state index contributed by atoms with van der Waals surface area (Å²) in [4.78, 5) is 29.0. The van der Waals surface area contributed by atoms with Crippen molar-refractivity contribution < 1.29 is 4.79 Å². The average Bonchev–Trinajstić information content (AvgIpc) is 2.24. The van der Waals surface area contributed by atoms with Crippen LogP contribution < -0.4 is 5.56 Å². The SMILES string of the molecule is CN(C)CCN(C)C(=O)c1cccc(=O)[nH]1. The van der Waals surface area contributed by atoms with E-state index in [2.05, 4.69) is 4.98 Å². The van der Waals surface area contributed by atoms with Gasteiger partial charge in [-0.1, -0.05) is 6.07 Å². The van der Waals surface area contributed by atoms with Crippen molar-refractivity contribution in [2.24, 2.45) is 0 Å². The molecule has 1 rings (SSSR count). The van der Waals surface area contributed by atoms with E-state index in [0.717, 1.165) is 6.54 Å². The fourth-order valence-corrected chi connectivity index (χ4v) is 1.23. The van der Waals surface area contributed by atoms with Crippen LogP contribution in [0.25, 0.3) is 0 Å². The Morgan fingerprint density at radius 1 is 1.25 bits per heavy atom. The third-order valence-electron chi connectivity index (χ3n) is 2.23. The molecule has 88 valence electrons. The third-order valence-corrected chi connectivity index (χ3v) is 2.23. The lowest BCUT2D eigenvalue weighted by Gasteiger charge is -2.19. The van der Waals surface area contributed by atoms with Gasteiger partial charge >= 0.3 is 0 Å². The molecule has 0 bridgehead atoms. The smallest absolute Gasteiger partial charge is 0.270 e. The quantitative estimate of drug-likeness (QED) is 0.782. The second-order valence-corrected chi connectivity index (χ2v) is 3.96. The van der Waals surface area contributed by atoms with Crippen molar-refractivity contribution >= 4 is 5.91 Å². The molecule has 0 aliphatic rings. The highest BCUT2D eigenvalue weighted by Gasteiger charge is 2.11. The molecule has 0 aliphatic heterocycles. The molecule has 0 fully saturated rings. The number of rotatable bonds is 4. The van der Waals surface area contributed by atoms with E-state index in [9.17, 15) is 9.59 Å². The van der Waals surface area contributed by atoms with Gasteiger partial charge < -0.3 is 14.8 Å². The Balaban J connectivity index is 2.67. The molecule has 1 aromatic heterocycles. The zero-order chi connectivity index (χ0) is 12.1. The zero-order valence-corrected chi connectivity index (χ0v) is 9.86. The molecule has 0 aliphatic carbocycles. The van der Waals surface area contributed by atoms with Crippen LogP contribution in [-0.4, -0.2) is 54.9 Å². The van der Waals surface area contributed by atoms with E-state index in [1.165, 1.54) is 6.07 Å². The summed E-state index contributed by atoms with van der Waals surface area (Å²) in [6, 6.07) is 4.57. The maximum atomic E-state index is 11.8. The maximum absolute atomic E-state index is 11.8. The van der Waals surface area contributed by atoms with Gasteiger partial charge in [-0.05, 0) is 20.2 Å². The predicted molar refractivity (Wildman–Crippen MR) is 62.6 cm³/mol. The van der Waals surface area contributed by atoms with E-state index in [-0.39, 0.29) is 11.5 Å². The average molecular weight is 223 g/mol. The molecule has 1 N–H and O–H groups in total. The number of aromatic amines is 1. The number of nitrogens with zero attached hydrogens (tertiary/aromatic N) is 2. The van der Waals surface area contributed by atoms with Crippen LogP contribution in [0.5, 0.6) is 0 Å². The fourth-order valence-electron chi connectivity index (χ4n) is 1.23. The van der Waals surface area contributed by atoms with Crippen molar-refractivity contribution in [1.82, 2.24) is 14.8 Å². The van der Waals surface area contributed by atoms with Crippen LogP contribution in [0.2, 0.25) is 0 Å². The van der Waals surface area contributed by atoms with Crippen molar-refractivity contribution in [3.8, 4) is 0 Å². The predicted octanol–water partition coefficient (Wildman–Crippen LogP) is 0.00850. The van der Waals surface area contributed by atoms with E-state index in [1.807, 2.05) is 19.0 Å². The number of H-pyrrole nitrogens is 1. The lowest BCUT2D eigenvalue weighted by Crippen LogP contribution is -2.34. The second kappa shape index (κ2) is 5.46. The summed E-state index contributed by atoms with van der Waals surface area (Å²) < 4.78 is 0. The molecule has 5 heteroatoms. The number of aromatic nitrogens is 1. The van der Waals surface area contributed by atoms with Gasteiger partial charge in [-0.15, -0.1) is 0 Å². The summed E-state index contributed by atoms with van der Waals surface area (Å²) in [6.45, 7) is 1.42. The summed E-state index contributed by atoms with van der Waals surface area (Å²) >= 11 is 0. The van der Waals surface area contributed by atoms with Gasteiger partial charge in [0.1, 0.15) is 5.69 Å². The minimum Gasteiger partial charge on any atom is -0.339 e. The maximum Gasteiger partial charge on any atom is 0.270 e. The summed E-state index contributed by atoms with van der Waals surface area (Å²) in [7, 11) is 5.61. The van der Waals surface area contributed by atoms with E-state index in [1.54, 1.807) is 24.1 Å². The molecule has 0 aromatic carbocycles. The molecule has 0 unspecified atom stereocenters. The number of carbonyl (C=O) groups is 1. The van der Waals surface area contributed by atoms with Crippen molar-refractivity contribution in [3.63, 3.8) is 0 Å². The summed E-state index contributed by atoms with van der Waals surface area (Å²) in [6.07, 6.45) is 0. The monoisotopic (exact) mass is 223 g/mol. The Kier molecular flexibility index (Phi) is 4.25. The Morgan fingerprint density at radius 2 is 1.94 bits per heavy atom. The number of nitrogens with one attached hydrogen (secondary N) is 1. The van der Waals surface area contributed by atoms with Crippen molar-refractivity contribution in [3.05, 3.63) is 34.2 Å². The number of likely N-dealkylation sites (N-methyl/N-ethyl adjacent to an activating group) is 2. The fraction of sp³-hybridized carbons (Fsp3) is 0.455. The van der Waals surface area contributed by atoms with Gasteiger partial charge in [0.25, 0.3) is 5.91 Å². The number of hydrogen-bond donors (Lipinski definition) is 1. The Labute approximate surface area is 94.7 Å². The Hall–Kier alpha value is -1.62. The van der Waals surface area contributed by atoms with Crippen LogP contribution in [0.1, 0.15) is 10.5 Å². The van der Waals surface area contributed by atoms with Crippen LogP contribution in [0, 0.1) is 0 Å². The van der Waals surface area contributed by atoms with Gasteiger partial charge in [-0.25, -0.2) is 0 Å². The topological polar surface area (TPSA) is 56.4 Å². The first-order valence-electron chi connectivity index (χ1n) is 5.10. The molecule has 0 spiro atoms. The molecule has 0 saturated heterocycles. The molecule has 0 radical (unpaired) electrons. The summed E-state index contributed by atoms with van der Waals surface area (Å²) in [5, 5.41) is 0. The van der Waals surface area contributed by atoms with Crippen LogP contribution >= 0.6 is 0 Å². The zero-order valence-electron chi connectivity index (χ0n) is 9.86. The van der Waals surface area contributed by atoms with Gasteiger partial charge in [-0.2, -0.15) is 0 Å². The molecule has 1 heterocycles. The van der Waals surface area contributed by atoms with Gasteiger partial charge in [0.05, 0.1) is 0 Å². The summed E-state index contributed by atoms with van der Waals surface area (Å²) in [5.74, 6) is -0.167. The van der Waals surface area contributed by atoms with Crippen LogP contribution in [-0.2, 0) is 0 Å². The van der Waals surface area contributed by atoms with E-state index >= 15 is 0 Å². The molecule has 5 nitrogen and oxygen atoms in total. The van der Waals surface area contributed by atoms with Gasteiger partial charge in [-0.3, -0.25) is 9.59 Å². The van der Waals surface area contributed by atoms with Crippen LogP contribution in [0.4, 0.5) is 0 Å². The molecule has 0 atom stereocenters. The Bertz CT molecular complexity index is 412. The first-order valence-corrected chi connectivity index (χ1v) is 5.10. The van der Waals surface area contributed by atoms with Crippen molar-refractivity contribution in [1.29, 1.82) is 0 Å². The first-order chi connectivity index (χ1) is 7.50. The largest absolute Gasteiger partial charge is 0.339 e. The van der Waals surface area contributed by atoms with Crippen LogP contribution in [0.3, 0.4) is 0 Å². The molecular weight excluding hydrogens is 206 g/mol. The number of pyridine rings is 1. The highest BCUT2D eigenvalue weighted by atomic mass is 16.2. The molecule has 1 amide bonds. The van der Waals surface area contributed by atoms with Crippen molar-refractivity contribution in [2.45, 2.75) is 0 Å². The van der Waals surface area contributed by atoms with Gasteiger partial charge in [0.2, 0.25) is 5.56 Å². The second-order valence-electron chi connectivity index (χ2n) is 3.96. The molecule has 16 heavy (non-hydrogen) atoms. The minimum atomic E-state index is -0.258. The highest BCUT2D eigenvalue weighted by molar-refractivity contribution is 5.91. The highest BCUT2D eigenvalue weighted by Crippen LogP contribution is 1.97. The van der Waals surface area contributed by atoms with E-state index < -0.39 is 0 Å². The molecule has 0 saturated carbocycles. The van der Waals surface area contributed by atoms with E-state index in [4.69, 9.17) is 0 Å². The lowest BCUT2D eigenvalue weighted by molar-refractivity contribution is 0.0780. The first kappa shape index (κ1) is 12.4. The Morgan fingerprint density at radius 3 is 2.50 bits per heavy atom. The van der Waals surface area contributed by atoms with Gasteiger partial charge in [0.15, 0.2) is 0 Å². The molecular formula is C11H17N3O2. The normalized spacial score (nSPS) is 10.5.